The largest absolute Gasteiger partial charge is 0.376 e. The van der Waals surface area contributed by atoms with E-state index in [2.05, 4.69) is 17.1 Å². The van der Waals surface area contributed by atoms with Crippen LogP contribution in [0.5, 0.6) is 0 Å². The minimum Gasteiger partial charge on any atom is -0.376 e. The molecule has 0 aliphatic carbocycles. The molecular weight excluding hydrogens is 331 g/mol. The Hall–Kier alpha value is -2.24. The Balaban J connectivity index is 1.38. The van der Waals surface area contributed by atoms with E-state index in [1.165, 1.54) is 12.1 Å². The van der Waals surface area contributed by atoms with Gasteiger partial charge in [-0.05, 0) is 48.7 Å². The third kappa shape index (κ3) is 3.64. The molecule has 5 heteroatoms. The van der Waals surface area contributed by atoms with Gasteiger partial charge in [-0.25, -0.2) is 4.39 Å². The van der Waals surface area contributed by atoms with Gasteiger partial charge in [0.1, 0.15) is 5.82 Å². The van der Waals surface area contributed by atoms with Gasteiger partial charge in [-0.2, -0.15) is 0 Å². The smallest absolute Gasteiger partial charge is 0.251 e. The fourth-order valence-electron chi connectivity index (χ4n) is 3.87. The van der Waals surface area contributed by atoms with Crippen molar-refractivity contribution in [3.63, 3.8) is 0 Å². The maximum Gasteiger partial charge on any atom is 0.251 e. The van der Waals surface area contributed by atoms with Gasteiger partial charge in [0.2, 0.25) is 0 Å². The van der Waals surface area contributed by atoms with E-state index in [1.807, 2.05) is 24.3 Å². The summed E-state index contributed by atoms with van der Waals surface area (Å²) in [6.07, 6.45) is 1.20. The summed E-state index contributed by atoms with van der Waals surface area (Å²) in [7, 11) is 0. The van der Waals surface area contributed by atoms with Crippen molar-refractivity contribution < 1.29 is 13.9 Å². The van der Waals surface area contributed by atoms with Gasteiger partial charge in [-0.15, -0.1) is 0 Å². The number of halogens is 1. The lowest BCUT2D eigenvalue weighted by Crippen LogP contribution is -2.45. The summed E-state index contributed by atoms with van der Waals surface area (Å²) in [6.45, 7) is 4.66. The monoisotopic (exact) mass is 354 g/mol. The molecule has 2 aliphatic heterocycles. The first-order valence-corrected chi connectivity index (χ1v) is 9.11. The minimum atomic E-state index is -0.252. The number of hydrogen-bond donors (Lipinski definition) is 1. The van der Waals surface area contributed by atoms with Crippen molar-refractivity contribution in [2.45, 2.75) is 31.5 Å². The summed E-state index contributed by atoms with van der Waals surface area (Å²) < 4.78 is 18.7. The van der Waals surface area contributed by atoms with Crippen molar-refractivity contribution in [2.24, 2.45) is 0 Å². The number of nitrogens with zero attached hydrogens (tertiary/aromatic N) is 1. The van der Waals surface area contributed by atoms with Crippen LogP contribution in [-0.2, 0) is 4.74 Å². The van der Waals surface area contributed by atoms with E-state index in [-0.39, 0.29) is 23.9 Å². The predicted molar refractivity (Wildman–Crippen MR) is 98.5 cm³/mol. The third-order valence-electron chi connectivity index (χ3n) is 5.25. The first kappa shape index (κ1) is 17.2. The number of benzene rings is 2. The number of carbonyl (C=O) groups excluding carboxylic acids is 1. The molecule has 0 radical (unpaired) electrons. The fraction of sp³-hybridized carbons (Fsp3) is 0.381. The molecule has 4 nitrogen and oxygen atoms in total. The molecule has 26 heavy (non-hydrogen) atoms. The van der Waals surface area contributed by atoms with Crippen LogP contribution in [0.2, 0.25) is 0 Å². The van der Waals surface area contributed by atoms with Crippen LogP contribution in [0, 0.1) is 5.82 Å². The van der Waals surface area contributed by atoms with Gasteiger partial charge in [-0.1, -0.05) is 24.3 Å². The van der Waals surface area contributed by atoms with Crippen LogP contribution < -0.4 is 5.32 Å². The second-order valence-corrected chi connectivity index (χ2v) is 7.24. The highest BCUT2D eigenvalue weighted by Gasteiger charge is 2.36. The lowest BCUT2D eigenvalue weighted by atomic mass is 10.0. The number of amides is 1. The lowest BCUT2D eigenvalue weighted by molar-refractivity contribution is -0.0390. The molecule has 1 amide bonds. The Kier molecular flexibility index (Phi) is 4.74. The summed E-state index contributed by atoms with van der Waals surface area (Å²) in [5.41, 5.74) is 2.54. The van der Waals surface area contributed by atoms with Gasteiger partial charge in [0.05, 0.1) is 12.7 Å². The van der Waals surface area contributed by atoms with Crippen molar-refractivity contribution in [1.82, 2.24) is 10.2 Å². The first-order chi connectivity index (χ1) is 12.6. The van der Waals surface area contributed by atoms with E-state index in [4.69, 9.17) is 4.74 Å². The quantitative estimate of drug-likeness (QED) is 0.921. The van der Waals surface area contributed by atoms with Crippen molar-refractivity contribution in [3.05, 3.63) is 59.9 Å². The van der Waals surface area contributed by atoms with Crippen molar-refractivity contribution in [1.29, 1.82) is 0 Å². The van der Waals surface area contributed by atoms with Crippen LogP contribution >= 0.6 is 0 Å². The van der Waals surface area contributed by atoms with E-state index in [0.29, 0.717) is 11.6 Å². The van der Waals surface area contributed by atoms with Gasteiger partial charge in [-0.3, -0.25) is 9.69 Å². The first-order valence-electron chi connectivity index (χ1n) is 9.11. The molecule has 1 N–H and O–H groups in total. The molecule has 2 aromatic carbocycles. The van der Waals surface area contributed by atoms with Crippen LogP contribution in [0.1, 0.15) is 23.7 Å². The molecule has 0 saturated carbocycles. The van der Waals surface area contributed by atoms with Crippen LogP contribution in [0.4, 0.5) is 4.39 Å². The van der Waals surface area contributed by atoms with Crippen LogP contribution in [0.15, 0.2) is 48.5 Å². The average Bonchev–Trinajstić information content (AvgIpc) is 3.03. The van der Waals surface area contributed by atoms with Gasteiger partial charge in [0, 0.05) is 30.7 Å². The highest BCUT2D eigenvalue weighted by Crippen LogP contribution is 2.24. The van der Waals surface area contributed by atoms with E-state index in [1.54, 1.807) is 12.1 Å². The molecule has 0 bridgehead atoms. The minimum absolute atomic E-state index is 0.0468. The molecule has 2 aliphatic rings. The molecule has 0 unspecified atom stereocenters. The van der Waals surface area contributed by atoms with E-state index < -0.39 is 0 Å². The molecule has 2 aromatic rings. The van der Waals surface area contributed by atoms with Gasteiger partial charge >= 0.3 is 0 Å². The maximum atomic E-state index is 13.0. The van der Waals surface area contributed by atoms with Crippen LogP contribution in [0.25, 0.3) is 11.1 Å². The molecule has 0 aromatic heterocycles. The third-order valence-corrected chi connectivity index (χ3v) is 5.25. The molecule has 3 atom stereocenters. The molecule has 2 saturated heterocycles. The zero-order valence-electron chi connectivity index (χ0n) is 14.8. The normalized spacial score (nSPS) is 25.7. The molecular formula is C21H23FN2O2. The van der Waals surface area contributed by atoms with Gasteiger partial charge < -0.3 is 10.1 Å². The maximum absolute atomic E-state index is 13.0. The molecule has 2 heterocycles. The fourth-order valence-corrected chi connectivity index (χ4v) is 3.87. The molecule has 0 spiro atoms. The van der Waals surface area contributed by atoms with Crippen molar-refractivity contribution in [3.8, 4) is 11.1 Å². The lowest BCUT2D eigenvalue weighted by Gasteiger charge is -2.33. The van der Waals surface area contributed by atoms with Crippen LogP contribution in [0.3, 0.4) is 0 Å². The van der Waals surface area contributed by atoms with Gasteiger partial charge in [0.25, 0.3) is 5.91 Å². The average molecular weight is 354 g/mol. The molecule has 136 valence electrons. The second-order valence-electron chi connectivity index (χ2n) is 7.24. The topological polar surface area (TPSA) is 41.6 Å². The van der Waals surface area contributed by atoms with E-state index in [0.717, 1.165) is 37.2 Å². The Morgan fingerprint density at radius 1 is 1.08 bits per heavy atom. The predicted octanol–water partition coefficient (Wildman–Crippen LogP) is 3.08. The van der Waals surface area contributed by atoms with Crippen LogP contribution in [-0.4, -0.2) is 48.7 Å². The second kappa shape index (κ2) is 7.17. The number of morpholine rings is 1. The summed E-state index contributed by atoms with van der Waals surface area (Å²) >= 11 is 0. The SMILES string of the molecule is C[C@H]1CN2C[C@H](NC(=O)c3ccc(-c4ccc(F)cc4)cc3)C[C@H]2CO1. The van der Waals surface area contributed by atoms with Gasteiger partial charge in [0.15, 0.2) is 0 Å². The highest BCUT2D eigenvalue weighted by atomic mass is 19.1. The van der Waals surface area contributed by atoms with E-state index >= 15 is 0 Å². The number of carbonyl (C=O) groups is 1. The standard InChI is InChI=1S/C21H23FN2O2/c1-14-11-24-12-19(10-20(24)13-26-14)23-21(25)17-4-2-15(3-5-17)16-6-8-18(22)9-7-16/h2-9,14,19-20H,10-13H2,1H3,(H,23,25)/t14-,19+,20-/m0/s1. The zero-order chi connectivity index (χ0) is 18.1. The summed E-state index contributed by atoms with van der Waals surface area (Å²) in [6, 6.07) is 14.4. The Morgan fingerprint density at radius 2 is 1.73 bits per heavy atom. The number of rotatable bonds is 3. The van der Waals surface area contributed by atoms with Crippen molar-refractivity contribution >= 4 is 5.91 Å². The Morgan fingerprint density at radius 3 is 2.42 bits per heavy atom. The Labute approximate surface area is 153 Å². The highest BCUT2D eigenvalue weighted by molar-refractivity contribution is 5.94. The molecule has 2 fully saturated rings. The number of hydrogen-bond acceptors (Lipinski definition) is 3. The number of ether oxygens (including phenoxy) is 1. The molecule has 4 rings (SSSR count). The summed E-state index contributed by atoms with van der Waals surface area (Å²) in [5.74, 6) is -0.299. The summed E-state index contributed by atoms with van der Waals surface area (Å²) in [5, 5.41) is 3.15. The number of fused-ring (bicyclic) bond motifs is 1. The van der Waals surface area contributed by atoms with E-state index in [9.17, 15) is 9.18 Å². The Bertz CT molecular complexity index is 776. The van der Waals surface area contributed by atoms with Crippen molar-refractivity contribution in [2.75, 3.05) is 19.7 Å². The number of nitrogens with one attached hydrogen (secondary N) is 1. The summed E-state index contributed by atoms with van der Waals surface area (Å²) in [4.78, 5) is 15.0. The zero-order valence-corrected chi connectivity index (χ0v) is 14.8.